The second-order valence-corrected chi connectivity index (χ2v) is 18.6. The van der Waals surface area contributed by atoms with Gasteiger partial charge in [-0.3, -0.25) is 18.6 Å². The van der Waals surface area contributed by atoms with Crippen LogP contribution in [0.25, 0.3) is 0 Å². The second kappa shape index (κ2) is 47.0. The van der Waals surface area contributed by atoms with Crippen molar-refractivity contribution < 1.29 is 37.6 Å². The van der Waals surface area contributed by atoms with Gasteiger partial charge < -0.3 is 14.4 Å². The molecule has 0 saturated carbocycles. The zero-order valence-corrected chi connectivity index (χ0v) is 40.5. The minimum Gasteiger partial charge on any atom is -0.462 e. The van der Waals surface area contributed by atoms with Crippen LogP contribution in [0.4, 0.5) is 0 Å². The van der Waals surface area contributed by atoms with Crippen LogP contribution in [-0.2, 0) is 32.7 Å². The number of unbranched alkanes of at least 4 members (excludes halogenated alkanes) is 32. The summed E-state index contributed by atoms with van der Waals surface area (Å²) >= 11 is 0. The Morgan fingerprint density at radius 1 is 0.450 bits per heavy atom. The fourth-order valence-corrected chi connectivity index (χ4v) is 8.24. The van der Waals surface area contributed by atoms with Gasteiger partial charge in [-0.2, -0.15) is 0 Å². The van der Waals surface area contributed by atoms with Crippen molar-refractivity contribution in [1.29, 1.82) is 0 Å². The molecule has 9 heteroatoms. The van der Waals surface area contributed by atoms with Gasteiger partial charge in [0.2, 0.25) is 0 Å². The maximum Gasteiger partial charge on any atom is 0.472 e. The molecule has 0 spiro atoms. The molecule has 1 N–H and O–H groups in total. The van der Waals surface area contributed by atoms with E-state index in [4.69, 9.17) is 18.5 Å². The van der Waals surface area contributed by atoms with Crippen molar-refractivity contribution in [2.24, 2.45) is 0 Å². The van der Waals surface area contributed by atoms with Gasteiger partial charge >= 0.3 is 19.8 Å². The molecule has 0 aromatic heterocycles. The first-order valence-electron chi connectivity index (χ1n) is 25.6. The predicted molar refractivity (Wildman–Crippen MR) is 253 cm³/mol. The van der Waals surface area contributed by atoms with Crippen LogP contribution in [0, 0.1) is 0 Å². The van der Waals surface area contributed by atoms with Crippen LogP contribution in [0.15, 0.2) is 24.3 Å². The predicted octanol–water partition coefficient (Wildman–Crippen LogP) is 16.6. The molecular weight excluding hydrogens is 772 g/mol. The number of carbonyl (C=O) groups is 2. The van der Waals surface area contributed by atoms with Crippen LogP contribution < -0.4 is 0 Å². The Balaban J connectivity index is 3.95. The van der Waals surface area contributed by atoms with Crippen LogP contribution in [0.2, 0.25) is 0 Å². The Bertz CT molecular complexity index is 1030. The molecule has 0 saturated heterocycles. The molecule has 2 atom stereocenters. The molecule has 0 bridgehead atoms. The lowest BCUT2D eigenvalue weighted by atomic mass is 10.0. The lowest BCUT2D eigenvalue weighted by Crippen LogP contribution is -2.29. The molecule has 2 unspecified atom stereocenters. The third kappa shape index (κ3) is 46.0. The summed E-state index contributed by atoms with van der Waals surface area (Å²) < 4.78 is 32.8. The number of hydrogen-bond donors (Lipinski definition) is 1. The summed E-state index contributed by atoms with van der Waals surface area (Å²) in [4.78, 5) is 34.9. The third-order valence-electron chi connectivity index (χ3n) is 11.3. The van der Waals surface area contributed by atoms with Gasteiger partial charge in [-0.05, 0) is 51.9 Å². The topological polar surface area (TPSA) is 108 Å². The minimum atomic E-state index is -4.28. The first-order chi connectivity index (χ1) is 29.3. The zero-order valence-electron chi connectivity index (χ0n) is 39.6. The third-order valence-corrected chi connectivity index (χ3v) is 12.3. The van der Waals surface area contributed by atoms with E-state index in [2.05, 4.69) is 38.2 Å². The van der Waals surface area contributed by atoms with Gasteiger partial charge in [0.1, 0.15) is 6.61 Å². The SMILES string of the molecule is CCCCC/C=C\C/C=C\CCCCCCCCCCCC(=O)OC(COC(=O)CCCCCCCCCCCCCCCCCCCCCCC)COP(=O)(O)OCC. The van der Waals surface area contributed by atoms with E-state index in [9.17, 15) is 19.0 Å². The van der Waals surface area contributed by atoms with Gasteiger partial charge in [0.15, 0.2) is 6.10 Å². The number of hydrogen-bond acceptors (Lipinski definition) is 7. The lowest BCUT2D eigenvalue weighted by Gasteiger charge is -2.19. The average Bonchev–Trinajstić information content (AvgIpc) is 3.23. The van der Waals surface area contributed by atoms with Crippen molar-refractivity contribution in [2.75, 3.05) is 19.8 Å². The van der Waals surface area contributed by atoms with E-state index >= 15 is 0 Å². The summed E-state index contributed by atoms with van der Waals surface area (Å²) in [6.45, 7) is 5.50. The molecule has 0 heterocycles. The number of allylic oxidation sites excluding steroid dienone is 4. The molecule has 0 rings (SSSR count). The fourth-order valence-electron chi connectivity index (χ4n) is 7.49. The molecule has 0 aliphatic heterocycles. The minimum absolute atomic E-state index is 0.00188. The zero-order chi connectivity index (χ0) is 43.9. The highest BCUT2D eigenvalue weighted by molar-refractivity contribution is 7.47. The normalized spacial score (nSPS) is 13.3. The summed E-state index contributed by atoms with van der Waals surface area (Å²) in [6.07, 6.45) is 53.8. The van der Waals surface area contributed by atoms with Crippen molar-refractivity contribution >= 4 is 19.8 Å². The van der Waals surface area contributed by atoms with Gasteiger partial charge in [-0.1, -0.05) is 224 Å². The Morgan fingerprint density at radius 3 is 1.22 bits per heavy atom. The number of ether oxygens (including phenoxy) is 2. The lowest BCUT2D eigenvalue weighted by molar-refractivity contribution is -0.161. The van der Waals surface area contributed by atoms with Crippen molar-refractivity contribution in [3.63, 3.8) is 0 Å². The van der Waals surface area contributed by atoms with Crippen LogP contribution in [-0.4, -0.2) is 42.8 Å². The molecule has 0 fully saturated rings. The monoisotopic (exact) mass is 869 g/mol. The van der Waals surface area contributed by atoms with Gasteiger partial charge in [0.25, 0.3) is 0 Å². The average molecular weight is 869 g/mol. The largest absolute Gasteiger partial charge is 0.472 e. The van der Waals surface area contributed by atoms with E-state index in [1.54, 1.807) is 6.92 Å². The van der Waals surface area contributed by atoms with Crippen LogP contribution in [0.5, 0.6) is 0 Å². The number of carbonyl (C=O) groups excluding carboxylic acids is 2. The highest BCUT2D eigenvalue weighted by Crippen LogP contribution is 2.43. The van der Waals surface area contributed by atoms with Crippen LogP contribution >= 0.6 is 7.82 Å². The van der Waals surface area contributed by atoms with Crippen LogP contribution in [0.1, 0.15) is 265 Å². The summed E-state index contributed by atoms with van der Waals surface area (Å²) in [5.74, 6) is -0.788. The van der Waals surface area contributed by atoms with Gasteiger partial charge in [-0.25, -0.2) is 4.57 Å². The quantitative estimate of drug-likeness (QED) is 0.0279. The fraction of sp³-hybridized carbons (Fsp3) is 0.882. The Kier molecular flexibility index (Phi) is 45.9. The summed E-state index contributed by atoms with van der Waals surface area (Å²) in [5.41, 5.74) is 0. The molecule has 0 amide bonds. The maximum atomic E-state index is 12.6. The number of phosphoric acid groups is 1. The molecule has 8 nitrogen and oxygen atoms in total. The molecule has 354 valence electrons. The van der Waals surface area contributed by atoms with E-state index < -0.39 is 19.9 Å². The molecule has 0 aromatic carbocycles. The maximum absolute atomic E-state index is 12.6. The highest BCUT2D eigenvalue weighted by atomic mass is 31.2. The molecular formula is C51H97O8P. The highest BCUT2D eigenvalue weighted by Gasteiger charge is 2.25. The van der Waals surface area contributed by atoms with E-state index in [0.29, 0.717) is 12.8 Å². The van der Waals surface area contributed by atoms with Crippen molar-refractivity contribution in [2.45, 2.75) is 271 Å². The Morgan fingerprint density at radius 2 is 0.800 bits per heavy atom. The van der Waals surface area contributed by atoms with Gasteiger partial charge in [0, 0.05) is 12.8 Å². The molecule has 60 heavy (non-hydrogen) atoms. The van der Waals surface area contributed by atoms with Crippen molar-refractivity contribution in [1.82, 2.24) is 0 Å². The molecule has 0 aliphatic carbocycles. The standard InChI is InChI=1S/C51H97O8P/c1-4-7-9-11-13-15-17-19-21-23-25-26-28-29-31-33-35-37-39-41-43-45-50(52)56-47-49(48-58-60(54,55)57-6-3)59-51(53)46-44-42-40-38-36-34-32-30-27-24-22-20-18-16-14-12-10-8-5-2/h14,16,20,22,49H,4-13,15,17-19,21,23-48H2,1-3H3,(H,54,55)/b16-14-,22-20-. The van der Waals surface area contributed by atoms with Crippen molar-refractivity contribution in [3.8, 4) is 0 Å². The molecule has 0 aliphatic rings. The van der Waals surface area contributed by atoms with E-state index in [1.807, 2.05) is 0 Å². The second-order valence-electron chi connectivity index (χ2n) is 17.2. The number of esters is 2. The van der Waals surface area contributed by atoms with Crippen LogP contribution in [0.3, 0.4) is 0 Å². The molecule has 0 aromatic rings. The van der Waals surface area contributed by atoms with E-state index in [1.165, 1.54) is 180 Å². The van der Waals surface area contributed by atoms with E-state index in [-0.39, 0.29) is 32.2 Å². The first-order valence-corrected chi connectivity index (χ1v) is 27.1. The number of rotatable bonds is 48. The Hall–Kier alpha value is -1.47. The van der Waals surface area contributed by atoms with E-state index in [0.717, 1.165) is 44.9 Å². The van der Waals surface area contributed by atoms with Gasteiger partial charge in [0.05, 0.1) is 13.2 Å². The van der Waals surface area contributed by atoms with Gasteiger partial charge in [-0.15, -0.1) is 0 Å². The first kappa shape index (κ1) is 58.5. The summed E-state index contributed by atoms with van der Waals surface area (Å²) in [5, 5.41) is 0. The summed E-state index contributed by atoms with van der Waals surface area (Å²) in [7, 11) is -4.28. The Labute approximate surface area is 371 Å². The molecule has 0 radical (unpaired) electrons. The number of phosphoric ester groups is 1. The van der Waals surface area contributed by atoms with Crippen molar-refractivity contribution in [3.05, 3.63) is 24.3 Å². The summed E-state index contributed by atoms with van der Waals surface area (Å²) in [6, 6.07) is 0. The smallest absolute Gasteiger partial charge is 0.462 e.